The van der Waals surface area contributed by atoms with Crippen molar-refractivity contribution in [3.05, 3.63) is 59.9 Å². The van der Waals surface area contributed by atoms with Crippen LogP contribution in [-0.4, -0.2) is 56.1 Å². The van der Waals surface area contributed by atoms with E-state index >= 15 is 0 Å². The number of hydrazone groups is 1. The largest absolute Gasteiger partial charge is 0.379 e. The summed E-state index contributed by atoms with van der Waals surface area (Å²) in [6.07, 6.45) is 5.57. The number of benzene rings is 1. The molecule has 0 saturated carbocycles. The molecule has 1 fully saturated rings. The van der Waals surface area contributed by atoms with Crippen LogP contribution in [-0.2, 0) is 26.0 Å². The van der Waals surface area contributed by atoms with Crippen LogP contribution in [0, 0.1) is 0 Å². The quantitative estimate of drug-likeness (QED) is 0.554. The fourth-order valence-corrected chi connectivity index (χ4v) is 4.12. The highest BCUT2D eigenvalue weighted by Crippen LogP contribution is 2.18. The number of nitrogens with zero attached hydrogens (tertiary/aromatic N) is 3. The van der Waals surface area contributed by atoms with E-state index in [1.165, 1.54) is 10.5 Å². The molecule has 1 N–H and O–H groups in total. The Kier molecular flexibility index (Phi) is 6.85. The van der Waals surface area contributed by atoms with Crippen molar-refractivity contribution >= 4 is 22.1 Å². The smallest absolute Gasteiger partial charge is 0.243 e. The van der Waals surface area contributed by atoms with Gasteiger partial charge >= 0.3 is 0 Å². The van der Waals surface area contributed by atoms with Crippen LogP contribution in [0.2, 0.25) is 0 Å². The fraction of sp³-hybridized carbons (Fsp3) is 0.316. The number of carbonyl (C=O) groups excluding carboxylic acids is 1. The van der Waals surface area contributed by atoms with Gasteiger partial charge in [0.15, 0.2) is 0 Å². The van der Waals surface area contributed by atoms with Crippen molar-refractivity contribution in [2.75, 3.05) is 26.3 Å². The first kappa shape index (κ1) is 20.1. The average Bonchev–Trinajstić information content (AvgIpc) is 2.74. The molecule has 0 radical (unpaired) electrons. The SMILES string of the molecule is O=C(CCc1ccc(S(=O)(=O)N2CCOCC2)cc1)N/N=C/c1cccnc1. The monoisotopic (exact) mass is 402 g/mol. The number of aromatic nitrogens is 1. The highest BCUT2D eigenvalue weighted by molar-refractivity contribution is 7.89. The second-order valence-electron chi connectivity index (χ2n) is 6.24. The zero-order valence-corrected chi connectivity index (χ0v) is 16.1. The Bertz CT molecular complexity index is 909. The molecule has 0 bridgehead atoms. The Morgan fingerprint density at radius 2 is 1.96 bits per heavy atom. The lowest BCUT2D eigenvalue weighted by atomic mass is 10.1. The minimum absolute atomic E-state index is 0.217. The minimum Gasteiger partial charge on any atom is -0.379 e. The number of carbonyl (C=O) groups is 1. The van der Waals surface area contributed by atoms with Crippen molar-refractivity contribution in [3.8, 4) is 0 Å². The summed E-state index contributed by atoms with van der Waals surface area (Å²) in [5.74, 6) is -0.217. The summed E-state index contributed by atoms with van der Waals surface area (Å²) in [5.41, 5.74) is 4.14. The molecule has 2 aromatic rings. The van der Waals surface area contributed by atoms with Gasteiger partial charge in [-0.15, -0.1) is 0 Å². The van der Waals surface area contributed by atoms with Crippen LogP contribution in [0.15, 0.2) is 58.8 Å². The van der Waals surface area contributed by atoms with Gasteiger partial charge < -0.3 is 4.74 Å². The Balaban J connectivity index is 1.50. The van der Waals surface area contributed by atoms with E-state index in [2.05, 4.69) is 15.5 Å². The number of aryl methyl sites for hydroxylation is 1. The molecule has 1 aliphatic rings. The summed E-state index contributed by atoms with van der Waals surface area (Å²) >= 11 is 0. The lowest BCUT2D eigenvalue weighted by molar-refractivity contribution is -0.121. The van der Waals surface area contributed by atoms with Gasteiger partial charge in [0.25, 0.3) is 0 Å². The normalized spacial score (nSPS) is 15.6. The summed E-state index contributed by atoms with van der Waals surface area (Å²) in [6.45, 7) is 1.55. The molecule has 0 aliphatic carbocycles. The first-order valence-electron chi connectivity index (χ1n) is 8.94. The van der Waals surface area contributed by atoms with Crippen LogP contribution >= 0.6 is 0 Å². The third kappa shape index (κ3) is 5.44. The molecule has 2 heterocycles. The molecule has 148 valence electrons. The van der Waals surface area contributed by atoms with Gasteiger partial charge in [-0.05, 0) is 30.2 Å². The van der Waals surface area contributed by atoms with Crippen molar-refractivity contribution in [3.63, 3.8) is 0 Å². The Morgan fingerprint density at radius 3 is 2.64 bits per heavy atom. The highest BCUT2D eigenvalue weighted by atomic mass is 32.2. The number of pyridine rings is 1. The van der Waals surface area contributed by atoms with E-state index < -0.39 is 10.0 Å². The maximum absolute atomic E-state index is 12.6. The summed E-state index contributed by atoms with van der Waals surface area (Å²) in [5, 5.41) is 3.89. The third-order valence-corrected chi connectivity index (χ3v) is 6.17. The second-order valence-corrected chi connectivity index (χ2v) is 8.18. The summed E-state index contributed by atoms with van der Waals surface area (Å²) < 4.78 is 31.8. The molecule has 1 aromatic carbocycles. The molecular weight excluding hydrogens is 380 g/mol. The summed E-state index contributed by atoms with van der Waals surface area (Å²) in [6, 6.07) is 10.2. The van der Waals surface area contributed by atoms with Crippen molar-refractivity contribution in [1.82, 2.24) is 14.7 Å². The summed E-state index contributed by atoms with van der Waals surface area (Å²) in [7, 11) is -3.50. The lowest BCUT2D eigenvalue weighted by Crippen LogP contribution is -2.40. The van der Waals surface area contributed by atoms with E-state index in [-0.39, 0.29) is 17.2 Å². The van der Waals surface area contributed by atoms with E-state index in [4.69, 9.17) is 4.74 Å². The van der Waals surface area contributed by atoms with E-state index in [1.807, 2.05) is 6.07 Å². The Morgan fingerprint density at radius 1 is 1.21 bits per heavy atom. The topological polar surface area (TPSA) is 101 Å². The molecule has 0 atom stereocenters. The van der Waals surface area contributed by atoms with Gasteiger partial charge in [0.2, 0.25) is 15.9 Å². The van der Waals surface area contributed by atoms with Crippen molar-refractivity contribution in [1.29, 1.82) is 0 Å². The number of morpholine rings is 1. The first-order chi connectivity index (χ1) is 13.6. The van der Waals surface area contributed by atoms with Gasteiger partial charge in [0.05, 0.1) is 24.3 Å². The third-order valence-electron chi connectivity index (χ3n) is 4.26. The summed E-state index contributed by atoms with van der Waals surface area (Å²) in [4.78, 5) is 16.1. The predicted octanol–water partition coefficient (Wildman–Crippen LogP) is 1.19. The maximum atomic E-state index is 12.6. The lowest BCUT2D eigenvalue weighted by Gasteiger charge is -2.26. The van der Waals surface area contributed by atoms with Crippen molar-refractivity contribution < 1.29 is 17.9 Å². The van der Waals surface area contributed by atoms with Gasteiger partial charge in [0.1, 0.15) is 0 Å². The van der Waals surface area contributed by atoms with Crippen molar-refractivity contribution in [2.24, 2.45) is 5.10 Å². The second kappa shape index (κ2) is 9.54. The molecule has 8 nitrogen and oxygen atoms in total. The van der Waals surface area contributed by atoms with E-state index in [1.54, 1.807) is 42.7 Å². The van der Waals surface area contributed by atoms with Gasteiger partial charge in [-0.2, -0.15) is 9.41 Å². The molecular formula is C19H22N4O4S. The van der Waals surface area contributed by atoms with Gasteiger partial charge in [0, 0.05) is 37.5 Å². The Hall–Kier alpha value is -2.62. The first-order valence-corrected chi connectivity index (χ1v) is 10.4. The maximum Gasteiger partial charge on any atom is 0.243 e. The molecule has 9 heteroatoms. The molecule has 1 saturated heterocycles. The van der Waals surface area contributed by atoms with Crippen LogP contribution < -0.4 is 5.43 Å². The van der Waals surface area contributed by atoms with Crippen molar-refractivity contribution in [2.45, 2.75) is 17.7 Å². The number of nitrogens with one attached hydrogen (secondary N) is 1. The van der Waals surface area contributed by atoms with Crippen LogP contribution in [0.5, 0.6) is 0 Å². The number of amides is 1. The standard InChI is InChI=1S/C19H22N4O4S/c24-19(22-21-15-17-2-1-9-20-14-17)8-5-16-3-6-18(7-4-16)28(25,26)23-10-12-27-13-11-23/h1-4,6-7,9,14-15H,5,8,10-13H2,(H,22,24)/b21-15+. The average molecular weight is 402 g/mol. The molecule has 0 spiro atoms. The number of ether oxygens (including phenoxy) is 1. The van der Waals surface area contributed by atoms with E-state index in [9.17, 15) is 13.2 Å². The number of hydrogen-bond acceptors (Lipinski definition) is 6. The zero-order chi connectivity index (χ0) is 19.8. The molecule has 3 rings (SSSR count). The van der Waals surface area contributed by atoms with Gasteiger partial charge in [-0.1, -0.05) is 18.2 Å². The highest BCUT2D eigenvalue weighted by Gasteiger charge is 2.26. The minimum atomic E-state index is -3.50. The number of hydrogen-bond donors (Lipinski definition) is 1. The van der Waals surface area contributed by atoms with E-state index in [0.29, 0.717) is 32.7 Å². The molecule has 28 heavy (non-hydrogen) atoms. The predicted molar refractivity (Wildman–Crippen MR) is 104 cm³/mol. The Labute approximate surface area is 164 Å². The molecule has 1 aliphatic heterocycles. The van der Waals surface area contributed by atoms with Gasteiger partial charge in [-0.3, -0.25) is 9.78 Å². The zero-order valence-electron chi connectivity index (χ0n) is 15.3. The molecule has 1 aromatic heterocycles. The number of rotatable bonds is 7. The van der Waals surface area contributed by atoms with E-state index in [0.717, 1.165) is 11.1 Å². The van der Waals surface area contributed by atoms with Crippen LogP contribution in [0.1, 0.15) is 17.5 Å². The molecule has 0 unspecified atom stereocenters. The van der Waals surface area contributed by atoms with Crippen LogP contribution in [0.3, 0.4) is 0 Å². The van der Waals surface area contributed by atoms with Gasteiger partial charge in [-0.25, -0.2) is 13.8 Å². The fourth-order valence-electron chi connectivity index (χ4n) is 2.71. The van der Waals surface area contributed by atoms with Crippen LogP contribution in [0.25, 0.3) is 0 Å². The number of sulfonamides is 1. The van der Waals surface area contributed by atoms with Crippen LogP contribution in [0.4, 0.5) is 0 Å². The molecule has 1 amide bonds.